The molecule has 0 radical (unpaired) electrons. The lowest BCUT2D eigenvalue weighted by atomic mass is 10.1. The number of amides is 1. The molecular weight excluding hydrogens is 326 g/mol. The number of nitrogens with one attached hydrogen (secondary N) is 1. The zero-order chi connectivity index (χ0) is 17.1. The number of carbonyl (C=O) groups excluding carboxylic acids is 1. The zero-order valence-electron chi connectivity index (χ0n) is 13.3. The average Bonchev–Trinajstić information content (AvgIpc) is 2.61. The van der Waals surface area contributed by atoms with Crippen molar-refractivity contribution >= 4 is 34.0 Å². The lowest BCUT2D eigenvalue weighted by molar-refractivity contribution is 0.102. The van der Waals surface area contributed by atoms with E-state index in [0.29, 0.717) is 27.8 Å². The summed E-state index contributed by atoms with van der Waals surface area (Å²) in [7, 11) is 3.04. The molecule has 3 rings (SSSR count). The van der Waals surface area contributed by atoms with Crippen molar-refractivity contribution < 1.29 is 14.3 Å². The minimum absolute atomic E-state index is 0.236. The molecule has 3 aromatic carbocycles. The molecule has 0 bridgehead atoms. The molecule has 122 valence electrons. The van der Waals surface area contributed by atoms with Gasteiger partial charge in [-0.05, 0) is 29.0 Å². The smallest absolute Gasteiger partial charge is 0.255 e. The fourth-order valence-corrected chi connectivity index (χ4v) is 2.72. The summed E-state index contributed by atoms with van der Waals surface area (Å²) in [5, 5.41) is 5.31. The van der Waals surface area contributed by atoms with Crippen LogP contribution in [0.2, 0.25) is 5.02 Å². The quantitative estimate of drug-likeness (QED) is 0.744. The Labute approximate surface area is 145 Å². The van der Waals surface area contributed by atoms with E-state index in [1.165, 1.54) is 14.2 Å². The fraction of sp³-hybridized carbons (Fsp3) is 0.105. The van der Waals surface area contributed by atoms with E-state index in [1.54, 1.807) is 18.2 Å². The summed E-state index contributed by atoms with van der Waals surface area (Å²) < 4.78 is 10.5. The van der Waals surface area contributed by atoms with Crippen molar-refractivity contribution in [1.29, 1.82) is 0 Å². The largest absolute Gasteiger partial charge is 0.495 e. The first-order valence-corrected chi connectivity index (χ1v) is 7.72. The highest BCUT2D eigenvalue weighted by atomic mass is 35.5. The second-order valence-electron chi connectivity index (χ2n) is 5.20. The van der Waals surface area contributed by atoms with Crippen LogP contribution in [0.3, 0.4) is 0 Å². The molecule has 3 aromatic rings. The molecule has 0 saturated heterocycles. The highest BCUT2D eigenvalue weighted by molar-refractivity contribution is 6.32. The predicted octanol–water partition coefficient (Wildman–Crippen LogP) is 4.76. The van der Waals surface area contributed by atoms with Crippen molar-refractivity contribution in [2.24, 2.45) is 0 Å². The summed E-state index contributed by atoms with van der Waals surface area (Å²) in [4.78, 5) is 12.6. The summed E-state index contributed by atoms with van der Waals surface area (Å²) in [5.41, 5.74) is 1.05. The number of rotatable bonds is 4. The molecule has 0 heterocycles. The number of halogens is 1. The number of hydrogen-bond donors (Lipinski definition) is 1. The monoisotopic (exact) mass is 341 g/mol. The number of benzene rings is 3. The second kappa shape index (κ2) is 6.81. The first-order valence-electron chi connectivity index (χ1n) is 7.34. The van der Waals surface area contributed by atoms with E-state index in [9.17, 15) is 4.79 Å². The van der Waals surface area contributed by atoms with Gasteiger partial charge in [0, 0.05) is 11.6 Å². The molecule has 0 aromatic heterocycles. The molecule has 5 heteroatoms. The van der Waals surface area contributed by atoms with Crippen molar-refractivity contribution in [2.75, 3.05) is 19.5 Å². The van der Waals surface area contributed by atoms with Crippen LogP contribution in [-0.2, 0) is 0 Å². The number of methoxy groups -OCH3 is 2. The van der Waals surface area contributed by atoms with Crippen LogP contribution in [0.25, 0.3) is 10.8 Å². The number of ether oxygens (including phenoxy) is 2. The number of hydrogen-bond acceptors (Lipinski definition) is 3. The molecule has 0 fully saturated rings. The van der Waals surface area contributed by atoms with Crippen molar-refractivity contribution in [3.05, 3.63) is 65.2 Å². The third kappa shape index (κ3) is 3.14. The van der Waals surface area contributed by atoms with Gasteiger partial charge >= 0.3 is 0 Å². The van der Waals surface area contributed by atoms with Gasteiger partial charge in [0.25, 0.3) is 5.91 Å². The highest BCUT2D eigenvalue weighted by Gasteiger charge is 2.14. The van der Waals surface area contributed by atoms with Gasteiger partial charge in [0.05, 0.1) is 24.9 Å². The van der Waals surface area contributed by atoms with Gasteiger partial charge in [-0.1, -0.05) is 41.9 Å². The summed E-state index contributed by atoms with van der Waals surface area (Å²) in [5.74, 6) is 0.725. The Balaban J connectivity index is 1.92. The van der Waals surface area contributed by atoms with E-state index in [-0.39, 0.29) is 5.91 Å². The standard InChI is InChI=1S/C19H16ClNO3/c1-23-17-11-18(24-2)16(10-15(17)20)21-19(22)14-8-7-12-5-3-4-6-13(12)9-14/h3-11H,1-2H3,(H,21,22). The van der Waals surface area contributed by atoms with Crippen molar-refractivity contribution in [1.82, 2.24) is 0 Å². The Morgan fingerprint density at radius 2 is 1.62 bits per heavy atom. The van der Waals surface area contributed by atoms with Gasteiger partial charge in [-0.15, -0.1) is 0 Å². The van der Waals surface area contributed by atoms with Crippen LogP contribution < -0.4 is 14.8 Å². The summed E-state index contributed by atoms with van der Waals surface area (Å²) in [6.07, 6.45) is 0. The maximum absolute atomic E-state index is 12.6. The Kier molecular flexibility index (Phi) is 4.58. The third-order valence-corrected chi connectivity index (χ3v) is 4.03. The normalized spacial score (nSPS) is 10.5. The fourth-order valence-electron chi connectivity index (χ4n) is 2.48. The molecular formula is C19H16ClNO3. The Hall–Kier alpha value is -2.72. The second-order valence-corrected chi connectivity index (χ2v) is 5.61. The first kappa shape index (κ1) is 16.1. The third-order valence-electron chi connectivity index (χ3n) is 3.73. The number of fused-ring (bicyclic) bond motifs is 1. The van der Waals surface area contributed by atoms with Crippen LogP contribution in [0.1, 0.15) is 10.4 Å². The molecule has 0 aliphatic rings. The van der Waals surface area contributed by atoms with Crippen LogP contribution in [0.4, 0.5) is 5.69 Å². The van der Waals surface area contributed by atoms with E-state index in [4.69, 9.17) is 21.1 Å². The molecule has 1 amide bonds. The molecule has 0 aliphatic heterocycles. The van der Waals surface area contributed by atoms with Gasteiger partial charge in [0.1, 0.15) is 11.5 Å². The summed E-state index contributed by atoms with van der Waals surface area (Å²) in [6, 6.07) is 16.7. The van der Waals surface area contributed by atoms with Crippen molar-refractivity contribution in [2.45, 2.75) is 0 Å². The predicted molar refractivity (Wildman–Crippen MR) is 96.5 cm³/mol. The molecule has 0 atom stereocenters. The van der Waals surface area contributed by atoms with Crippen LogP contribution >= 0.6 is 11.6 Å². The van der Waals surface area contributed by atoms with E-state index < -0.39 is 0 Å². The topological polar surface area (TPSA) is 47.6 Å². The number of carbonyl (C=O) groups is 1. The van der Waals surface area contributed by atoms with Gasteiger partial charge < -0.3 is 14.8 Å². The van der Waals surface area contributed by atoms with Gasteiger partial charge in [0.2, 0.25) is 0 Å². The molecule has 4 nitrogen and oxygen atoms in total. The molecule has 0 spiro atoms. The highest BCUT2D eigenvalue weighted by Crippen LogP contribution is 2.36. The maximum atomic E-state index is 12.6. The minimum Gasteiger partial charge on any atom is -0.495 e. The Morgan fingerprint density at radius 1 is 0.917 bits per heavy atom. The summed E-state index contributed by atoms with van der Waals surface area (Å²) >= 11 is 6.13. The minimum atomic E-state index is -0.236. The van der Waals surface area contributed by atoms with Crippen LogP contribution in [-0.4, -0.2) is 20.1 Å². The van der Waals surface area contributed by atoms with Crippen LogP contribution in [0.15, 0.2) is 54.6 Å². The number of anilines is 1. The molecule has 0 unspecified atom stereocenters. The van der Waals surface area contributed by atoms with Gasteiger partial charge in [-0.2, -0.15) is 0 Å². The van der Waals surface area contributed by atoms with Gasteiger partial charge in [-0.25, -0.2) is 0 Å². The van der Waals surface area contributed by atoms with Crippen LogP contribution in [0, 0.1) is 0 Å². The summed E-state index contributed by atoms with van der Waals surface area (Å²) in [6.45, 7) is 0. The van der Waals surface area contributed by atoms with Crippen molar-refractivity contribution in [3.63, 3.8) is 0 Å². The van der Waals surface area contributed by atoms with E-state index in [0.717, 1.165) is 10.8 Å². The van der Waals surface area contributed by atoms with Crippen molar-refractivity contribution in [3.8, 4) is 11.5 Å². The lowest BCUT2D eigenvalue weighted by Crippen LogP contribution is -2.12. The molecule has 0 saturated carbocycles. The Morgan fingerprint density at radius 3 is 2.33 bits per heavy atom. The maximum Gasteiger partial charge on any atom is 0.255 e. The Bertz CT molecular complexity index is 908. The first-order chi connectivity index (χ1) is 11.6. The van der Waals surface area contributed by atoms with Crippen LogP contribution in [0.5, 0.6) is 11.5 Å². The van der Waals surface area contributed by atoms with Gasteiger partial charge in [0.15, 0.2) is 0 Å². The molecule has 1 N–H and O–H groups in total. The van der Waals surface area contributed by atoms with Gasteiger partial charge in [-0.3, -0.25) is 4.79 Å². The van der Waals surface area contributed by atoms with E-state index in [2.05, 4.69) is 5.32 Å². The van der Waals surface area contributed by atoms with E-state index in [1.807, 2.05) is 36.4 Å². The average molecular weight is 342 g/mol. The zero-order valence-corrected chi connectivity index (χ0v) is 14.1. The SMILES string of the molecule is COc1cc(OC)c(NC(=O)c2ccc3ccccc3c2)cc1Cl. The molecule has 24 heavy (non-hydrogen) atoms. The molecule has 0 aliphatic carbocycles. The lowest BCUT2D eigenvalue weighted by Gasteiger charge is -2.13. The van der Waals surface area contributed by atoms with E-state index >= 15 is 0 Å².